The van der Waals surface area contributed by atoms with Gasteiger partial charge in [0.25, 0.3) is 0 Å². The summed E-state index contributed by atoms with van der Waals surface area (Å²) in [5.74, 6) is 0.355. The lowest BCUT2D eigenvalue weighted by atomic mass is 9.93. The molecule has 3 unspecified atom stereocenters. The van der Waals surface area contributed by atoms with E-state index in [1.54, 1.807) is 6.92 Å². The van der Waals surface area contributed by atoms with Crippen LogP contribution in [0.5, 0.6) is 0 Å². The smallest absolute Gasteiger partial charge is 0.167 e. The summed E-state index contributed by atoms with van der Waals surface area (Å²) < 4.78 is 0. The molecule has 0 saturated heterocycles. The van der Waals surface area contributed by atoms with Gasteiger partial charge in [-0.15, -0.1) is 0 Å². The van der Waals surface area contributed by atoms with Crippen LogP contribution in [0.4, 0.5) is 0 Å². The van der Waals surface area contributed by atoms with Crippen molar-refractivity contribution in [1.29, 1.82) is 0 Å². The molecule has 0 bridgehead atoms. The van der Waals surface area contributed by atoms with E-state index < -0.39 is 5.60 Å². The molecule has 86 valence electrons. The number of hydrogen-bond donors (Lipinski definition) is 1. The average molecular weight is 218 g/mol. The van der Waals surface area contributed by atoms with Gasteiger partial charge >= 0.3 is 0 Å². The van der Waals surface area contributed by atoms with Crippen LogP contribution in [0.15, 0.2) is 30.3 Å². The van der Waals surface area contributed by atoms with E-state index in [4.69, 9.17) is 0 Å². The van der Waals surface area contributed by atoms with Crippen molar-refractivity contribution in [3.8, 4) is 0 Å². The lowest BCUT2D eigenvalue weighted by Crippen LogP contribution is -2.35. The summed E-state index contributed by atoms with van der Waals surface area (Å²) in [6.07, 6.45) is 1.38. The van der Waals surface area contributed by atoms with Gasteiger partial charge in [-0.1, -0.05) is 37.3 Å². The van der Waals surface area contributed by atoms with Crippen LogP contribution in [0.3, 0.4) is 0 Å². The van der Waals surface area contributed by atoms with Crippen LogP contribution in [0.2, 0.25) is 0 Å². The van der Waals surface area contributed by atoms with Crippen molar-refractivity contribution in [2.24, 2.45) is 5.92 Å². The maximum absolute atomic E-state index is 12.0. The molecular formula is C14H18O2. The third kappa shape index (κ3) is 2.03. The Labute approximate surface area is 96.3 Å². The predicted octanol–water partition coefficient (Wildman–Crippen LogP) is 2.52. The largest absolute Gasteiger partial charge is 0.382 e. The number of carbonyl (C=O) groups is 1. The van der Waals surface area contributed by atoms with Gasteiger partial charge in [-0.05, 0) is 31.2 Å². The van der Waals surface area contributed by atoms with E-state index in [0.29, 0.717) is 12.3 Å². The molecule has 0 amide bonds. The zero-order valence-corrected chi connectivity index (χ0v) is 9.81. The summed E-state index contributed by atoms with van der Waals surface area (Å²) in [4.78, 5) is 12.0. The summed E-state index contributed by atoms with van der Waals surface area (Å²) >= 11 is 0. The van der Waals surface area contributed by atoms with Crippen LogP contribution in [0.25, 0.3) is 0 Å². The molecular weight excluding hydrogens is 200 g/mol. The average Bonchev–Trinajstić information content (AvgIpc) is 3.09. The quantitative estimate of drug-likeness (QED) is 0.843. The van der Waals surface area contributed by atoms with Gasteiger partial charge in [-0.2, -0.15) is 0 Å². The summed E-state index contributed by atoms with van der Waals surface area (Å²) in [6, 6.07) is 10.1. The fourth-order valence-corrected chi connectivity index (χ4v) is 2.13. The predicted molar refractivity (Wildman–Crippen MR) is 63.2 cm³/mol. The second-order valence-electron chi connectivity index (χ2n) is 4.85. The van der Waals surface area contributed by atoms with E-state index in [1.165, 1.54) is 5.56 Å². The maximum atomic E-state index is 12.0. The van der Waals surface area contributed by atoms with Crippen molar-refractivity contribution < 1.29 is 9.90 Å². The number of hydrogen-bond acceptors (Lipinski definition) is 2. The number of rotatable bonds is 4. The van der Waals surface area contributed by atoms with Crippen molar-refractivity contribution in [1.82, 2.24) is 0 Å². The van der Waals surface area contributed by atoms with Crippen molar-refractivity contribution in [2.45, 2.75) is 38.2 Å². The van der Waals surface area contributed by atoms with Gasteiger partial charge in [-0.3, -0.25) is 4.79 Å². The highest BCUT2D eigenvalue weighted by Gasteiger charge is 2.48. The molecule has 1 aromatic rings. The van der Waals surface area contributed by atoms with Crippen molar-refractivity contribution >= 4 is 5.78 Å². The summed E-state index contributed by atoms with van der Waals surface area (Å²) in [5.41, 5.74) is 0.0709. The zero-order valence-electron chi connectivity index (χ0n) is 9.81. The minimum atomic E-state index is -1.14. The zero-order chi connectivity index (χ0) is 11.8. The molecule has 2 nitrogen and oxygen atoms in total. The van der Waals surface area contributed by atoms with Crippen LogP contribution in [0.1, 0.15) is 38.2 Å². The Morgan fingerprint density at radius 1 is 1.44 bits per heavy atom. The monoisotopic (exact) mass is 218 g/mol. The molecule has 1 aliphatic carbocycles. The van der Waals surface area contributed by atoms with Gasteiger partial charge in [0.1, 0.15) is 5.60 Å². The second-order valence-corrected chi connectivity index (χ2v) is 4.85. The fraction of sp³-hybridized carbons (Fsp3) is 0.500. The molecule has 1 aliphatic rings. The van der Waals surface area contributed by atoms with Crippen molar-refractivity contribution in [3.63, 3.8) is 0 Å². The first-order valence-corrected chi connectivity index (χ1v) is 5.88. The van der Waals surface area contributed by atoms with E-state index in [-0.39, 0.29) is 11.7 Å². The van der Waals surface area contributed by atoms with E-state index >= 15 is 0 Å². The number of carbonyl (C=O) groups excluding carboxylic acids is 1. The Balaban J connectivity index is 2.05. The van der Waals surface area contributed by atoms with E-state index in [9.17, 15) is 9.90 Å². The second kappa shape index (κ2) is 4.02. The fourth-order valence-electron chi connectivity index (χ4n) is 2.13. The third-order valence-corrected chi connectivity index (χ3v) is 3.57. The normalized spacial score (nSPS) is 27.2. The summed E-state index contributed by atoms with van der Waals surface area (Å²) in [6.45, 7) is 3.47. The molecule has 3 atom stereocenters. The molecule has 0 aromatic heterocycles. The van der Waals surface area contributed by atoms with Crippen molar-refractivity contribution in [2.75, 3.05) is 0 Å². The molecule has 16 heavy (non-hydrogen) atoms. The van der Waals surface area contributed by atoms with Crippen LogP contribution in [-0.4, -0.2) is 16.5 Å². The molecule has 2 rings (SSSR count). The lowest BCUT2D eigenvalue weighted by Gasteiger charge is -2.19. The maximum Gasteiger partial charge on any atom is 0.167 e. The molecule has 1 fully saturated rings. The number of ketones is 1. The number of Topliss-reactive ketones (excluding diaryl/α,β-unsaturated/α-hetero) is 1. The Kier molecular flexibility index (Phi) is 2.85. The van der Waals surface area contributed by atoms with Gasteiger partial charge in [0.05, 0.1) is 0 Å². The molecule has 1 saturated carbocycles. The summed E-state index contributed by atoms with van der Waals surface area (Å²) in [7, 11) is 0. The van der Waals surface area contributed by atoms with Gasteiger partial charge in [-0.25, -0.2) is 0 Å². The number of benzene rings is 1. The standard InChI is InChI=1S/C14H18O2/c1-3-14(2,16)13(15)12-9-11(12)10-7-5-4-6-8-10/h4-8,11-12,16H,3,9H2,1-2H3. The highest BCUT2D eigenvalue weighted by molar-refractivity contribution is 5.91. The van der Waals surface area contributed by atoms with Crippen LogP contribution in [0, 0.1) is 5.92 Å². The lowest BCUT2D eigenvalue weighted by molar-refractivity contribution is -0.137. The van der Waals surface area contributed by atoms with Gasteiger partial charge < -0.3 is 5.11 Å². The summed E-state index contributed by atoms with van der Waals surface area (Å²) in [5, 5.41) is 9.92. The Morgan fingerprint density at radius 3 is 2.62 bits per heavy atom. The van der Waals surface area contributed by atoms with Crippen LogP contribution in [-0.2, 0) is 4.79 Å². The van der Waals surface area contributed by atoms with E-state index in [1.807, 2.05) is 25.1 Å². The molecule has 1 N–H and O–H groups in total. The Morgan fingerprint density at radius 2 is 2.06 bits per heavy atom. The Bertz CT molecular complexity index is 381. The molecule has 2 heteroatoms. The first kappa shape index (κ1) is 11.3. The van der Waals surface area contributed by atoms with Crippen molar-refractivity contribution in [3.05, 3.63) is 35.9 Å². The Hall–Kier alpha value is -1.15. The highest BCUT2D eigenvalue weighted by Crippen LogP contribution is 2.49. The highest BCUT2D eigenvalue weighted by atomic mass is 16.3. The molecule has 0 radical (unpaired) electrons. The molecule has 1 aromatic carbocycles. The van der Waals surface area contributed by atoms with Gasteiger partial charge in [0, 0.05) is 5.92 Å². The first-order valence-electron chi connectivity index (χ1n) is 5.88. The molecule has 0 aliphatic heterocycles. The van der Waals surface area contributed by atoms with Gasteiger partial charge in [0.2, 0.25) is 0 Å². The van der Waals surface area contributed by atoms with E-state index in [2.05, 4.69) is 12.1 Å². The minimum absolute atomic E-state index is 0.00357. The third-order valence-electron chi connectivity index (χ3n) is 3.57. The van der Waals surface area contributed by atoms with Crippen LogP contribution < -0.4 is 0 Å². The SMILES string of the molecule is CCC(C)(O)C(=O)C1CC1c1ccccc1. The molecule has 0 spiro atoms. The minimum Gasteiger partial charge on any atom is -0.382 e. The van der Waals surface area contributed by atoms with E-state index in [0.717, 1.165) is 6.42 Å². The number of aliphatic hydroxyl groups is 1. The molecule has 0 heterocycles. The topological polar surface area (TPSA) is 37.3 Å². The van der Waals surface area contributed by atoms with Gasteiger partial charge in [0.15, 0.2) is 5.78 Å². The van der Waals surface area contributed by atoms with Crippen LogP contribution >= 0.6 is 0 Å². The first-order chi connectivity index (χ1) is 7.56.